The molecule has 0 aliphatic heterocycles. The Balaban J connectivity index is 1.50. The number of aryl methyl sites for hydroxylation is 1. The van der Waals surface area contributed by atoms with Crippen LogP contribution < -0.4 is 5.32 Å². The summed E-state index contributed by atoms with van der Waals surface area (Å²) in [5, 5.41) is 3.06. The van der Waals surface area contributed by atoms with Crippen LogP contribution in [0, 0.1) is 0 Å². The Morgan fingerprint density at radius 3 is 3.00 bits per heavy atom. The molecule has 2 aliphatic carbocycles. The van der Waals surface area contributed by atoms with Gasteiger partial charge in [0, 0.05) is 12.0 Å². The first-order valence-electron chi connectivity index (χ1n) is 7.30. The molecule has 19 heavy (non-hydrogen) atoms. The highest BCUT2D eigenvalue weighted by molar-refractivity contribution is 5.77. The van der Waals surface area contributed by atoms with E-state index in [1.54, 1.807) is 6.26 Å². The summed E-state index contributed by atoms with van der Waals surface area (Å²) in [6.45, 7) is 0.189. The van der Waals surface area contributed by atoms with Crippen LogP contribution in [0.3, 0.4) is 0 Å². The monoisotopic (exact) mass is 263 g/mol. The number of ether oxygens (including phenoxy) is 1. The third-order valence-corrected chi connectivity index (χ3v) is 4.14. The van der Waals surface area contributed by atoms with Crippen LogP contribution in [-0.2, 0) is 16.0 Å². The van der Waals surface area contributed by atoms with Crippen molar-refractivity contribution >= 4 is 5.91 Å². The number of amides is 1. The first kappa shape index (κ1) is 12.7. The average molecular weight is 263 g/mol. The van der Waals surface area contributed by atoms with Gasteiger partial charge in [-0.15, -0.1) is 0 Å². The number of fused-ring (bicyclic) bond motifs is 1. The van der Waals surface area contributed by atoms with E-state index < -0.39 is 0 Å². The fourth-order valence-corrected chi connectivity index (χ4v) is 3.12. The van der Waals surface area contributed by atoms with E-state index in [-0.39, 0.29) is 18.6 Å². The molecule has 3 rings (SSSR count). The molecule has 2 aliphatic rings. The highest BCUT2D eigenvalue weighted by Gasteiger charge is 2.24. The van der Waals surface area contributed by atoms with Crippen LogP contribution in [-0.4, -0.2) is 18.6 Å². The molecule has 0 radical (unpaired) electrons. The van der Waals surface area contributed by atoms with Gasteiger partial charge < -0.3 is 14.5 Å². The first-order chi connectivity index (χ1) is 9.33. The van der Waals surface area contributed by atoms with Crippen molar-refractivity contribution in [2.24, 2.45) is 0 Å². The molecule has 1 aromatic rings. The van der Waals surface area contributed by atoms with Crippen LogP contribution in [0.5, 0.6) is 0 Å². The molecular weight excluding hydrogens is 242 g/mol. The van der Waals surface area contributed by atoms with E-state index >= 15 is 0 Å². The fraction of sp³-hybridized carbons (Fsp3) is 0.667. The number of hydrogen-bond acceptors (Lipinski definition) is 3. The van der Waals surface area contributed by atoms with E-state index in [0.29, 0.717) is 6.10 Å². The number of furan rings is 1. The van der Waals surface area contributed by atoms with Gasteiger partial charge in [0.15, 0.2) is 0 Å². The molecule has 1 fully saturated rings. The molecule has 0 aromatic carbocycles. The van der Waals surface area contributed by atoms with Crippen molar-refractivity contribution < 1.29 is 13.9 Å². The van der Waals surface area contributed by atoms with Gasteiger partial charge in [0.2, 0.25) is 5.91 Å². The Bertz CT molecular complexity index is 434. The van der Waals surface area contributed by atoms with Crippen molar-refractivity contribution in [3.63, 3.8) is 0 Å². The van der Waals surface area contributed by atoms with Gasteiger partial charge in [0.05, 0.1) is 18.4 Å². The molecule has 104 valence electrons. The zero-order valence-electron chi connectivity index (χ0n) is 11.2. The molecule has 1 heterocycles. The maximum absolute atomic E-state index is 11.9. The molecule has 1 unspecified atom stereocenters. The third-order valence-electron chi connectivity index (χ3n) is 4.14. The topological polar surface area (TPSA) is 51.5 Å². The number of carbonyl (C=O) groups excluding carboxylic acids is 1. The summed E-state index contributed by atoms with van der Waals surface area (Å²) in [4.78, 5) is 11.9. The Labute approximate surface area is 113 Å². The molecule has 1 atom stereocenters. The second kappa shape index (κ2) is 5.78. The Morgan fingerprint density at radius 2 is 2.16 bits per heavy atom. The number of hydrogen-bond donors (Lipinski definition) is 1. The second-order valence-electron chi connectivity index (χ2n) is 5.53. The standard InChI is InChI=1S/C15H21NO3/c17-15(10-19-11-4-1-2-5-11)16-13-6-3-7-14-12(13)8-9-18-14/h8-9,11,13H,1-7,10H2,(H,16,17). The predicted octanol–water partition coefficient (Wildman–Crippen LogP) is 2.73. The van der Waals surface area contributed by atoms with Crippen molar-refractivity contribution in [3.05, 3.63) is 23.7 Å². The lowest BCUT2D eigenvalue weighted by Crippen LogP contribution is -2.34. The third kappa shape index (κ3) is 3.00. The van der Waals surface area contributed by atoms with Gasteiger partial charge in [0.1, 0.15) is 12.4 Å². The average Bonchev–Trinajstić information content (AvgIpc) is 3.08. The molecule has 4 heteroatoms. The highest BCUT2D eigenvalue weighted by atomic mass is 16.5. The zero-order chi connectivity index (χ0) is 13.1. The SMILES string of the molecule is O=C(COC1CCCC1)NC1CCCc2occc21. The minimum atomic E-state index is -0.00838. The van der Waals surface area contributed by atoms with Crippen molar-refractivity contribution in [2.75, 3.05) is 6.61 Å². The smallest absolute Gasteiger partial charge is 0.246 e. The first-order valence-corrected chi connectivity index (χ1v) is 7.30. The number of nitrogens with one attached hydrogen (secondary N) is 1. The molecule has 1 N–H and O–H groups in total. The van der Waals surface area contributed by atoms with Crippen LogP contribution in [0.4, 0.5) is 0 Å². The van der Waals surface area contributed by atoms with Crippen LogP contribution in [0.2, 0.25) is 0 Å². The van der Waals surface area contributed by atoms with Crippen molar-refractivity contribution in [2.45, 2.75) is 57.1 Å². The van der Waals surface area contributed by atoms with Gasteiger partial charge in [-0.2, -0.15) is 0 Å². The normalized spacial score (nSPS) is 23.3. The van der Waals surface area contributed by atoms with E-state index in [4.69, 9.17) is 9.15 Å². The van der Waals surface area contributed by atoms with E-state index in [1.165, 1.54) is 12.8 Å². The van der Waals surface area contributed by atoms with Gasteiger partial charge in [-0.05, 0) is 31.7 Å². The molecule has 1 aromatic heterocycles. The molecule has 1 amide bonds. The Morgan fingerprint density at radius 1 is 1.32 bits per heavy atom. The van der Waals surface area contributed by atoms with Crippen LogP contribution in [0.25, 0.3) is 0 Å². The summed E-state index contributed by atoms with van der Waals surface area (Å²) in [5.41, 5.74) is 1.14. The largest absolute Gasteiger partial charge is 0.469 e. The summed E-state index contributed by atoms with van der Waals surface area (Å²) in [6, 6.07) is 2.07. The van der Waals surface area contributed by atoms with Gasteiger partial charge in [-0.3, -0.25) is 4.79 Å². The highest BCUT2D eigenvalue weighted by Crippen LogP contribution is 2.30. The summed E-state index contributed by atoms with van der Waals surface area (Å²) >= 11 is 0. The maximum atomic E-state index is 11.9. The van der Waals surface area contributed by atoms with E-state index in [0.717, 1.165) is 43.4 Å². The number of rotatable bonds is 4. The van der Waals surface area contributed by atoms with Gasteiger partial charge in [-0.25, -0.2) is 0 Å². The van der Waals surface area contributed by atoms with Crippen LogP contribution >= 0.6 is 0 Å². The Hall–Kier alpha value is -1.29. The van der Waals surface area contributed by atoms with Gasteiger partial charge in [-0.1, -0.05) is 12.8 Å². The lowest BCUT2D eigenvalue weighted by Gasteiger charge is -2.23. The summed E-state index contributed by atoms with van der Waals surface area (Å²) in [6.07, 6.45) is 9.70. The number of carbonyl (C=O) groups is 1. The van der Waals surface area contributed by atoms with Crippen LogP contribution in [0.1, 0.15) is 55.9 Å². The minimum Gasteiger partial charge on any atom is -0.469 e. The lowest BCUT2D eigenvalue weighted by atomic mass is 9.93. The molecule has 0 spiro atoms. The van der Waals surface area contributed by atoms with E-state index in [2.05, 4.69) is 5.32 Å². The van der Waals surface area contributed by atoms with Gasteiger partial charge in [0.25, 0.3) is 0 Å². The van der Waals surface area contributed by atoms with Crippen molar-refractivity contribution in [1.29, 1.82) is 0 Å². The Kier molecular flexibility index (Phi) is 3.87. The zero-order valence-corrected chi connectivity index (χ0v) is 11.2. The quantitative estimate of drug-likeness (QED) is 0.908. The second-order valence-corrected chi connectivity index (χ2v) is 5.53. The molecule has 4 nitrogen and oxygen atoms in total. The maximum Gasteiger partial charge on any atom is 0.246 e. The van der Waals surface area contributed by atoms with Gasteiger partial charge >= 0.3 is 0 Å². The molecule has 0 bridgehead atoms. The minimum absolute atomic E-state index is 0.00838. The van der Waals surface area contributed by atoms with E-state index in [1.807, 2.05) is 6.07 Å². The van der Waals surface area contributed by atoms with Crippen molar-refractivity contribution in [3.8, 4) is 0 Å². The molecular formula is C15H21NO3. The predicted molar refractivity (Wildman–Crippen MR) is 70.7 cm³/mol. The summed E-state index contributed by atoms with van der Waals surface area (Å²) in [7, 11) is 0. The van der Waals surface area contributed by atoms with Crippen LogP contribution in [0.15, 0.2) is 16.7 Å². The molecule has 1 saturated carbocycles. The molecule has 0 saturated heterocycles. The fourth-order valence-electron chi connectivity index (χ4n) is 3.12. The summed E-state index contributed by atoms with van der Waals surface area (Å²) < 4.78 is 11.1. The summed E-state index contributed by atoms with van der Waals surface area (Å²) in [5.74, 6) is 1.01. The van der Waals surface area contributed by atoms with Crippen molar-refractivity contribution in [1.82, 2.24) is 5.32 Å². The van der Waals surface area contributed by atoms with E-state index in [9.17, 15) is 4.79 Å². The lowest BCUT2D eigenvalue weighted by molar-refractivity contribution is -0.128.